The van der Waals surface area contributed by atoms with Crippen molar-refractivity contribution in [2.45, 2.75) is 17.9 Å². The first-order valence-electron chi connectivity index (χ1n) is 9.71. The molecular formula is C21H24N2O8S. The number of Topliss-reactive ketones (excluding diaryl/α,β-unsaturated/α-hetero) is 1. The van der Waals surface area contributed by atoms with Gasteiger partial charge >= 0.3 is 0 Å². The third-order valence-electron chi connectivity index (χ3n) is 4.66. The van der Waals surface area contributed by atoms with Crippen LogP contribution in [0.25, 0.3) is 0 Å². The topological polar surface area (TPSA) is 131 Å². The SMILES string of the molecule is CC(=O)c1ccc(S(=O)(=O)N(C)CC(=O)NCC(O)COc2ccc3c(c2)OCO3)cc1. The van der Waals surface area contributed by atoms with Crippen LogP contribution in [0.3, 0.4) is 0 Å². The van der Waals surface area contributed by atoms with Gasteiger partial charge in [0.05, 0.1) is 11.4 Å². The lowest BCUT2D eigenvalue weighted by molar-refractivity contribution is -0.121. The van der Waals surface area contributed by atoms with Gasteiger partial charge in [-0.15, -0.1) is 0 Å². The van der Waals surface area contributed by atoms with E-state index in [9.17, 15) is 23.1 Å². The van der Waals surface area contributed by atoms with Crippen molar-refractivity contribution in [3.63, 3.8) is 0 Å². The number of ketones is 1. The Bertz CT molecular complexity index is 1090. The Kier molecular flexibility index (Phi) is 7.33. The summed E-state index contributed by atoms with van der Waals surface area (Å²) in [5.41, 5.74) is 0.390. The number of nitrogens with zero attached hydrogens (tertiary/aromatic N) is 1. The fourth-order valence-corrected chi connectivity index (χ4v) is 3.96. The minimum absolute atomic E-state index is 0.0324. The molecule has 2 aromatic carbocycles. The molecule has 1 aliphatic heterocycles. The Labute approximate surface area is 185 Å². The van der Waals surface area contributed by atoms with E-state index in [0.717, 1.165) is 4.31 Å². The lowest BCUT2D eigenvalue weighted by Gasteiger charge is -2.18. The Balaban J connectivity index is 1.45. The molecule has 0 fully saturated rings. The molecule has 32 heavy (non-hydrogen) atoms. The maximum atomic E-state index is 12.6. The van der Waals surface area contributed by atoms with E-state index in [2.05, 4.69) is 5.32 Å². The summed E-state index contributed by atoms with van der Waals surface area (Å²) < 4.78 is 42.0. The number of nitrogens with one attached hydrogen (secondary N) is 1. The number of benzene rings is 2. The molecule has 0 saturated heterocycles. The fraction of sp³-hybridized carbons (Fsp3) is 0.333. The molecule has 2 N–H and O–H groups in total. The van der Waals surface area contributed by atoms with E-state index in [-0.39, 0.29) is 30.6 Å². The smallest absolute Gasteiger partial charge is 0.243 e. The summed E-state index contributed by atoms with van der Waals surface area (Å²) in [5, 5.41) is 12.5. The van der Waals surface area contributed by atoms with Gasteiger partial charge in [0.15, 0.2) is 17.3 Å². The molecule has 0 bridgehead atoms. The van der Waals surface area contributed by atoms with Crippen LogP contribution in [0.15, 0.2) is 47.4 Å². The Hall–Kier alpha value is -3.15. The first-order valence-corrected chi connectivity index (χ1v) is 11.2. The summed E-state index contributed by atoms with van der Waals surface area (Å²) in [6, 6.07) is 10.5. The summed E-state index contributed by atoms with van der Waals surface area (Å²) >= 11 is 0. The molecule has 1 atom stereocenters. The van der Waals surface area contributed by atoms with Crippen LogP contribution < -0.4 is 19.5 Å². The number of amides is 1. The van der Waals surface area contributed by atoms with Gasteiger partial charge < -0.3 is 24.6 Å². The molecule has 1 heterocycles. The Morgan fingerprint density at radius 1 is 1.16 bits per heavy atom. The molecule has 0 spiro atoms. The Morgan fingerprint density at radius 3 is 2.53 bits per heavy atom. The van der Waals surface area contributed by atoms with Gasteiger partial charge in [-0.05, 0) is 31.2 Å². The third-order valence-corrected chi connectivity index (χ3v) is 6.47. The van der Waals surface area contributed by atoms with Gasteiger partial charge in [-0.1, -0.05) is 12.1 Å². The van der Waals surface area contributed by atoms with Crippen LogP contribution in [0.2, 0.25) is 0 Å². The van der Waals surface area contributed by atoms with Crippen molar-refractivity contribution in [2.75, 3.05) is 33.5 Å². The zero-order valence-electron chi connectivity index (χ0n) is 17.6. The number of carbonyl (C=O) groups is 2. The number of carbonyl (C=O) groups excluding carboxylic acids is 2. The van der Waals surface area contributed by atoms with Crippen LogP contribution in [-0.4, -0.2) is 69.2 Å². The second-order valence-corrected chi connectivity index (χ2v) is 9.17. The molecule has 0 aromatic heterocycles. The third kappa shape index (κ3) is 5.75. The zero-order valence-corrected chi connectivity index (χ0v) is 18.4. The van der Waals surface area contributed by atoms with Gasteiger partial charge in [0.1, 0.15) is 18.5 Å². The van der Waals surface area contributed by atoms with Crippen LogP contribution in [0.4, 0.5) is 0 Å². The van der Waals surface area contributed by atoms with E-state index in [1.54, 1.807) is 18.2 Å². The summed E-state index contributed by atoms with van der Waals surface area (Å²) in [5.74, 6) is 0.868. The fourth-order valence-electron chi connectivity index (χ4n) is 2.83. The van der Waals surface area contributed by atoms with Crippen molar-refractivity contribution in [1.82, 2.24) is 9.62 Å². The molecule has 172 valence electrons. The van der Waals surface area contributed by atoms with Crippen molar-refractivity contribution in [3.8, 4) is 17.2 Å². The number of hydrogen-bond acceptors (Lipinski definition) is 8. The van der Waals surface area contributed by atoms with Gasteiger partial charge in [0, 0.05) is 25.2 Å². The molecule has 1 amide bonds. The van der Waals surface area contributed by atoms with Gasteiger partial charge in [-0.25, -0.2) is 8.42 Å². The summed E-state index contributed by atoms with van der Waals surface area (Å²) in [7, 11) is -2.64. The number of sulfonamides is 1. The Morgan fingerprint density at radius 2 is 1.84 bits per heavy atom. The summed E-state index contributed by atoms with van der Waals surface area (Å²) in [6.07, 6.45) is -1.01. The van der Waals surface area contributed by atoms with Gasteiger partial charge in [-0.2, -0.15) is 4.31 Å². The molecule has 10 nitrogen and oxygen atoms in total. The van der Waals surface area contributed by atoms with E-state index in [0.29, 0.717) is 22.8 Å². The summed E-state index contributed by atoms with van der Waals surface area (Å²) in [4.78, 5) is 23.4. The lowest BCUT2D eigenvalue weighted by Crippen LogP contribution is -2.42. The number of likely N-dealkylation sites (N-methyl/N-ethyl adjacent to an activating group) is 1. The molecule has 1 unspecified atom stereocenters. The van der Waals surface area contributed by atoms with Crippen molar-refractivity contribution in [2.24, 2.45) is 0 Å². The summed E-state index contributed by atoms with van der Waals surface area (Å²) in [6.45, 7) is 0.879. The van der Waals surface area contributed by atoms with Crippen LogP contribution >= 0.6 is 0 Å². The lowest BCUT2D eigenvalue weighted by atomic mass is 10.2. The molecule has 0 radical (unpaired) electrons. The van der Waals surface area contributed by atoms with Gasteiger partial charge in [0.2, 0.25) is 22.7 Å². The molecule has 2 aromatic rings. The number of aliphatic hydroxyl groups excluding tert-OH is 1. The van der Waals surface area contributed by atoms with Crippen LogP contribution in [0, 0.1) is 0 Å². The number of rotatable bonds is 10. The molecule has 1 aliphatic rings. The first kappa shape index (κ1) is 23.5. The number of ether oxygens (including phenoxy) is 3. The van der Waals surface area contributed by atoms with Crippen LogP contribution in [0.1, 0.15) is 17.3 Å². The van der Waals surface area contributed by atoms with E-state index in [1.807, 2.05) is 0 Å². The highest BCUT2D eigenvalue weighted by Gasteiger charge is 2.23. The average molecular weight is 464 g/mol. The maximum Gasteiger partial charge on any atom is 0.243 e. The predicted molar refractivity (Wildman–Crippen MR) is 113 cm³/mol. The number of hydrogen-bond donors (Lipinski definition) is 2. The van der Waals surface area contributed by atoms with Crippen LogP contribution in [-0.2, 0) is 14.8 Å². The van der Waals surface area contributed by atoms with E-state index in [4.69, 9.17) is 14.2 Å². The highest BCUT2D eigenvalue weighted by Crippen LogP contribution is 2.35. The standard InChI is InChI=1S/C21H24N2O8S/c1-14(24)15-3-6-18(7-4-15)32(27,28)23(2)11-21(26)22-10-16(25)12-29-17-5-8-19-20(9-17)31-13-30-19/h3-9,16,25H,10-13H2,1-2H3,(H,22,26). The highest BCUT2D eigenvalue weighted by atomic mass is 32.2. The van der Waals surface area contributed by atoms with E-state index < -0.39 is 28.6 Å². The van der Waals surface area contributed by atoms with Crippen molar-refractivity contribution < 1.29 is 37.3 Å². The van der Waals surface area contributed by atoms with Gasteiger partial charge in [0.25, 0.3) is 0 Å². The minimum Gasteiger partial charge on any atom is -0.491 e. The zero-order chi connectivity index (χ0) is 23.3. The predicted octanol–water partition coefficient (Wildman–Crippen LogP) is 0.795. The minimum atomic E-state index is -3.91. The second kappa shape index (κ2) is 9.98. The van der Waals surface area contributed by atoms with Crippen LogP contribution in [0.5, 0.6) is 17.2 Å². The molecular weight excluding hydrogens is 440 g/mol. The van der Waals surface area contributed by atoms with E-state index in [1.165, 1.54) is 38.2 Å². The molecule has 11 heteroatoms. The number of aliphatic hydroxyl groups is 1. The molecule has 3 rings (SSSR count). The van der Waals surface area contributed by atoms with Crippen molar-refractivity contribution in [3.05, 3.63) is 48.0 Å². The second-order valence-electron chi connectivity index (χ2n) is 7.13. The van der Waals surface area contributed by atoms with Gasteiger partial charge in [-0.3, -0.25) is 9.59 Å². The molecule has 0 aliphatic carbocycles. The highest BCUT2D eigenvalue weighted by molar-refractivity contribution is 7.89. The maximum absolute atomic E-state index is 12.6. The largest absolute Gasteiger partial charge is 0.491 e. The first-order chi connectivity index (χ1) is 15.2. The van der Waals surface area contributed by atoms with Crippen molar-refractivity contribution in [1.29, 1.82) is 0 Å². The molecule has 0 saturated carbocycles. The normalized spacial score (nSPS) is 13.6. The van der Waals surface area contributed by atoms with E-state index >= 15 is 0 Å². The van der Waals surface area contributed by atoms with Crippen molar-refractivity contribution >= 4 is 21.7 Å². The quantitative estimate of drug-likeness (QED) is 0.494. The number of fused-ring (bicyclic) bond motifs is 1. The monoisotopic (exact) mass is 464 g/mol. The average Bonchev–Trinajstić information content (AvgIpc) is 3.24.